The van der Waals surface area contributed by atoms with Gasteiger partial charge in [-0.2, -0.15) is 0 Å². The lowest BCUT2D eigenvalue weighted by molar-refractivity contribution is 0.0990. The van der Waals surface area contributed by atoms with Gasteiger partial charge in [0.25, 0.3) is 0 Å². The molecule has 1 aliphatic rings. The number of aromatic nitrogens is 3. The van der Waals surface area contributed by atoms with Gasteiger partial charge in [-0.05, 0) is 54.7 Å². The molecule has 0 atom stereocenters. The summed E-state index contributed by atoms with van der Waals surface area (Å²) in [5.74, 6) is -1.79. The van der Waals surface area contributed by atoms with Gasteiger partial charge in [0.2, 0.25) is 0 Å². The van der Waals surface area contributed by atoms with Crippen LogP contribution < -0.4 is 0 Å². The number of imidazole rings is 1. The number of nitrogens with zero attached hydrogens (tertiary/aromatic N) is 3. The normalized spacial score (nSPS) is 13.3. The third kappa shape index (κ3) is 4.20. The minimum atomic E-state index is -0.712. The lowest BCUT2D eigenvalue weighted by Crippen LogP contribution is -2.11. The molecule has 4 nitrogen and oxygen atoms in total. The van der Waals surface area contributed by atoms with Gasteiger partial charge in [0.1, 0.15) is 11.6 Å². The van der Waals surface area contributed by atoms with Crippen LogP contribution in [0.4, 0.5) is 8.78 Å². The highest BCUT2D eigenvalue weighted by Gasteiger charge is 2.24. The molecule has 0 saturated heterocycles. The van der Waals surface area contributed by atoms with Gasteiger partial charge < -0.3 is 4.57 Å². The summed E-state index contributed by atoms with van der Waals surface area (Å²) < 4.78 is 30.2. The highest BCUT2D eigenvalue weighted by molar-refractivity contribution is 7.17. The molecule has 0 bridgehead atoms. The molecule has 0 amide bonds. The Morgan fingerprint density at radius 3 is 2.59 bits per heavy atom. The lowest BCUT2D eigenvalue weighted by Gasteiger charge is -2.14. The van der Waals surface area contributed by atoms with Crippen LogP contribution in [0.2, 0.25) is 0 Å². The van der Waals surface area contributed by atoms with E-state index in [4.69, 9.17) is 0 Å². The topological polar surface area (TPSA) is 47.8 Å². The van der Waals surface area contributed by atoms with Crippen LogP contribution in [-0.4, -0.2) is 20.3 Å². The largest absolute Gasteiger partial charge is 0.306 e. The van der Waals surface area contributed by atoms with Crippen LogP contribution in [0.1, 0.15) is 59.5 Å². The molecule has 4 aromatic rings. The van der Waals surface area contributed by atoms with Gasteiger partial charge in [0, 0.05) is 29.3 Å². The molecule has 7 heteroatoms. The van der Waals surface area contributed by atoms with Crippen molar-refractivity contribution >= 4 is 17.1 Å². The molecule has 2 heterocycles. The quantitative estimate of drug-likeness (QED) is 0.316. The maximum absolute atomic E-state index is 14.1. The van der Waals surface area contributed by atoms with Crippen molar-refractivity contribution in [3.63, 3.8) is 0 Å². The first-order valence-electron chi connectivity index (χ1n) is 11.3. The highest BCUT2D eigenvalue weighted by atomic mass is 32.1. The monoisotopic (exact) mass is 477 g/mol. The summed E-state index contributed by atoms with van der Waals surface area (Å²) in [4.78, 5) is 23.1. The van der Waals surface area contributed by atoms with Crippen molar-refractivity contribution in [3.8, 4) is 16.1 Å². The van der Waals surface area contributed by atoms with Crippen LogP contribution in [0.3, 0.4) is 0 Å². The average molecular weight is 478 g/mol. The first-order chi connectivity index (χ1) is 16.2. The van der Waals surface area contributed by atoms with E-state index in [2.05, 4.69) is 48.9 Å². The van der Waals surface area contributed by atoms with E-state index in [1.807, 2.05) is 17.1 Å². The SMILES string of the molecule is CC(C)(C)c1cn(-c2ccc3c(c2)-c2sc(C(=O)Cc4c(F)cccc4F)nc2CCC3)cn1. The maximum Gasteiger partial charge on any atom is 0.195 e. The Kier molecular flexibility index (Phi) is 5.68. The number of carbonyl (C=O) groups excluding carboxylic acids is 1. The van der Waals surface area contributed by atoms with E-state index in [1.54, 1.807) is 0 Å². The van der Waals surface area contributed by atoms with Crippen LogP contribution in [-0.2, 0) is 24.7 Å². The van der Waals surface area contributed by atoms with Crippen molar-refractivity contribution < 1.29 is 13.6 Å². The molecule has 34 heavy (non-hydrogen) atoms. The molecule has 0 spiro atoms. The third-order valence-electron chi connectivity index (χ3n) is 6.18. The number of rotatable bonds is 4. The van der Waals surface area contributed by atoms with Crippen molar-refractivity contribution in [1.82, 2.24) is 14.5 Å². The van der Waals surface area contributed by atoms with Crippen molar-refractivity contribution in [3.05, 3.63) is 88.1 Å². The number of thiazole rings is 1. The fourth-order valence-corrected chi connectivity index (χ4v) is 5.34. The van der Waals surface area contributed by atoms with E-state index in [0.29, 0.717) is 5.01 Å². The van der Waals surface area contributed by atoms with Crippen molar-refractivity contribution in [2.45, 2.75) is 51.9 Å². The molecule has 0 unspecified atom stereocenters. The first kappa shape index (κ1) is 22.6. The van der Waals surface area contributed by atoms with Gasteiger partial charge in [-0.25, -0.2) is 18.7 Å². The molecule has 2 aromatic carbocycles. The Balaban J connectivity index is 1.51. The van der Waals surface area contributed by atoms with Crippen LogP contribution in [0.25, 0.3) is 16.1 Å². The van der Waals surface area contributed by atoms with E-state index in [9.17, 15) is 13.6 Å². The second kappa shape index (κ2) is 8.55. The van der Waals surface area contributed by atoms with Gasteiger partial charge >= 0.3 is 0 Å². The second-order valence-electron chi connectivity index (χ2n) is 9.71. The number of aryl methyl sites for hydroxylation is 2. The van der Waals surface area contributed by atoms with E-state index in [-0.39, 0.29) is 23.2 Å². The molecule has 0 saturated carbocycles. The average Bonchev–Trinajstić information content (AvgIpc) is 3.41. The predicted molar refractivity (Wildman–Crippen MR) is 130 cm³/mol. The van der Waals surface area contributed by atoms with Crippen LogP contribution in [0.5, 0.6) is 0 Å². The Bertz CT molecular complexity index is 1380. The molecule has 0 fully saturated rings. The van der Waals surface area contributed by atoms with E-state index in [0.717, 1.165) is 46.8 Å². The summed E-state index contributed by atoms with van der Waals surface area (Å²) >= 11 is 1.31. The number of halogens is 2. The van der Waals surface area contributed by atoms with Gasteiger partial charge in [-0.3, -0.25) is 4.79 Å². The predicted octanol–water partition coefficient (Wildman–Crippen LogP) is 6.49. The summed E-state index contributed by atoms with van der Waals surface area (Å²) in [5, 5.41) is 0.295. The summed E-state index contributed by atoms with van der Waals surface area (Å²) in [7, 11) is 0. The number of benzene rings is 2. The van der Waals surface area contributed by atoms with Gasteiger partial charge in [-0.1, -0.05) is 32.9 Å². The molecular formula is C27H25F2N3OS. The maximum atomic E-state index is 14.1. The zero-order valence-electron chi connectivity index (χ0n) is 19.4. The fourth-order valence-electron chi connectivity index (χ4n) is 4.24. The zero-order valence-corrected chi connectivity index (χ0v) is 20.2. The molecule has 5 rings (SSSR count). The summed E-state index contributed by atoms with van der Waals surface area (Å²) in [5.41, 5.74) is 4.88. The summed E-state index contributed by atoms with van der Waals surface area (Å²) in [6, 6.07) is 9.97. The Morgan fingerprint density at radius 2 is 1.88 bits per heavy atom. The third-order valence-corrected chi connectivity index (χ3v) is 7.35. The Labute approximate surface area is 201 Å². The molecule has 0 aliphatic heterocycles. The van der Waals surface area contributed by atoms with Crippen LogP contribution in [0.15, 0.2) is 48.9 Å². The first-order valence-corrected chi connectivity index (χ1v) is 12.2. The Morgan fingerprint density at radius 1 is 1.12 bits per heavy atom. The molecule has 0 N–H and O–H groups in total. The van der Waals surface area contributed by atoms with E-state index < -0.39 is 11.6 Å². The zero-order chi connectivity index (χ0) is 24.0. The minimum absolute atomic E-state index is 0.0469. The minimum Gasteiger partial charge on any atom is -0.306 e. The highest BCUT2D eigenvalue weighted by Crippen LogP contribution is 2.38. The van der Waals surface area contributed by atoms with Gasteiger partial charge in [0.05, 0.1) is 22.6 Å². The number of carbonyl (C=O) groups is 1. The smallest absolute Gasteiger partial charge is 0.195 e. The number of Topliss-reactive ketones (excluding diaryl/α,β-unsaturated/α-hetero) is 1. The van der Waals surface area contributed by atoms with Crippen molar-refractivity contribution in [2.75, 3.05) is 0 Å². The number of hydrogen-bond acceptors (Lipinski definition) is 4. The molecular weight excluding hydrogens is 452 g/mol. The van der Waals surface area contributed by atoms with Gasteiger partial charge in [-0.15, -0.1) is 11.3 Å². The molecule has 0 radical (unpaired) electrons. The van der Waals surface area contributed by atoms with Crippen molar-refractivity contribution in [2.24, 2.45) is 0 Å². The van der Waals surface area contributed by atoms with Crippen LogP contribution in [0, 0.1) is 11.6 Å². The molecule has 174 valence electrons. The van der Waals surface area contributed by atoms with Crippen molar-refractivity contribution in [1.29, 1.82) is 0 Å². The van der Waals surface area contributed by atoms with E-state index >= 15 is 0 Å². The molecule has 1 aliphatic carbocycles. The second-order valence-corrected chi connectivity index (χ2v) is 10.7. The summed E-state index contributed by atoms with van der Waals surface area (Å²) in [6.07, 6.45) is 6.14. The number of ketones is 1. The summed E-state index contributed by atoms with van der Waals surface area (Å²) in [6.45, 7) is 6.39. The van der Waals surface area contributed by atoms with Crippen LogP contribution >= 0.6 is 11.3 Å². The number of fused-ring (bicyclic) bond motifs is 3. The number of hydrogen-bond donors (Lipinski definition) is 0. The molecule has 2 aromatic heterocycles. The fraction of sp³-hybridized carbons (Fsp3) is 0.296. The van der Waals surface area contributed by atoms with Gasteiger partial charge in [0.15, 0.2) is 10.8 Å². The lowest BCUT2D eigenvalue weighted by atomic mass is 9.93. The Hall–Kier alpha value is -3.19. The van der Waals surface area contributed by atoms with E-state index in [1.165, 1.54) is 35.1 Å². The standard InChI is InChI=1S/C27H25F2N3OS/c1-27(2,3)24-14-32(15-30-24)17-11-10-16-6-4-9-22-25(18(16)12-17)34-26(31-22)23(33)13-19-20(28)7-5-8-21(19)29/h5,7-8,10-12,14-15H,4,6,9,13H2,1-3H3.